The van der Waals surface area contributed by atoms with Crippen molar-refractivity contribution in [3.8, 4) is 0 Å². The fourth-order valence-corrected chi connectivity index (χ4v) is 3.35. The minimum absolute atomic E-state index is 0. The zero-order chi connectivity index (χ0) is 15.5. The van der Waals surface area contributed by atoms with Gasteiger partial charge in [-0.2, -0.15) is 0 Å². The number of carbonyl (C=O) groups is 1. The first kappa shape index (κ1) is 18.9. The lowest BCUT2D eigenvalue weighted by Gasteiger charge is -2.21. The summed E-state index contributed by atoms with van der Waals surface area (Å²) in [4.78, 5) is 13.9. The second kappa shape index (κ2) is 7.92. The van der Waals surface area contributed by atoms with Crippen LogP contribution in [0.15, 0.2) is 30.3 Å². The maximum absolute atomic E-state index is 12.3. The van der Waals surface area contributed by atoms with Gasteiger partial charge in [0.1, 0.15) is 0 Å². The number of hydrogen-bond donors (Lipinski definition) is 2. The Balaban J connectivity index is 0.00000242. The minimum Gasteiger partial charge on any atom is -0.340 e. The molecule has 1 amide bonds. The molecule has 1 aromatic carbocycles. The number of nitrogens with zero attached hydrogens (tertiary/aromatic N) is 1. The third-order valence-electron chi connectivity index (χ3n) is 3.50. The van der Waals surface area contributed by atoms with Crippen LogP contribution in [0.4, 0.5) is 0 Å². The molecular formula is C14H22ClN3O3S. The van der Waals surface area contributed by atoms with Crippen molar-refractivity contribution >= 4 is 28.3 Å². The fourth-order valence-electron chi connectivity index (χ4n) is 2.55. The molecule has 0 spiro atoms. The zero-order valence-electron chi connectivity index (χ0n) is 12.4. The van der Waals surface area contributed by atoms with Gasteiger partial charge in [-0.3, -0.25) is 4.79 Å². The maximum atomic E-state index is 12.3. The van der Waals surface area contributed by atoms with Crippen molar-refractivity contribution in [2.45, 2.75) is 24.9 Å². The van der Waals surface area contributed by atoms with Gasteiger partial charge in [0.15, 0.2) is 0 Å². The Morgan fingerprint density at radius 1 is 1.41 bits per heavy atom. The molecule has 1 aliphatic rings. The van der Waals surface area contributed by atoms with Crippen LogP contribution < -0.4 is 10.5 Å². The van der Waals surface area contributed by atoms with E-state index in [2.05, 4.69) is 4.72 Å². The van der Waals surface area contributed by atoms with Gasteiger partial charge in [0.2, 0.25) is 15.9 Å². The molecule has 1 saturated heterocycles. The van der Waals surface area contributed by atoms with E-state index in [0.717, 1.165) is 11.8 Å². The van der Waals surface area contributed by atoms with Crippen LogP contribution >= 0.6 is 12.4 Å². The highest BCUT2D eigenvalue weighted by Gasteiger charge is 2.30. The minimum atomic E-state index is -3.24. The second-order valence-electron chi connectivity index (χ2n) is 5.46. The van der Waals surface area contributed by atoms with Crippen molar-refractivity contribution in [3.05, 3.63) is 35.9 Å². The number of carbonyl (C=O) groups excluding carboxylic acids is 1. The van der Waals surface area contributed by atoms with E-state index < -0.39 is 16.1 Å². The molecule has 2 atom stereocenters. The average Bonchev–Trinajstić information content (AvgIpc) is 2.85. The summed E-state index contributed by atoms with van der Waals surface area (Å²) in [6.45, 7) is 0.920. The van der Waals surface area contributed by atoms with Crippen LogP contribution in [0.2, 0.25) is 0 Å². The zero-order valence-corrected chi connectivity index (χ0v) is 14.1. The van der Waals surface area contributed by atoms with Gasteiger partial charge in [-0.15, -0.1) is 12.4 Å². The average molecular weight is 348 g/mol. The number of hydrogen-bond acceptors (Lipinski definition) is 4. The van der Waals surface area contributed by atoms with Crippen LogP contribution in [0.5, 0.6) is 0 Å². The molecule has 124 valence electrons. The number of benzene rings is 1. The number of sulfonamides is 1. The Morgan fingerprint density at radius 3 is 2.64 bits per heavy atom. The van der Waals surface area contributed by atoms with E-state index >= 15 is 0 Å². The number of nitrogens with one attached hydrogen (secondary N) is 1. The first-order valence-electron chi connectivity index (χ1n) is 6.91. The third kappa shape index (κ3) is 5.57. The first-order valence-corrected chi connectivity index (χ1v) is 8.80. The summed E-state index contributed by atoms with van der Waals surface area (Å²) in [5, 5.41) is 0. The van der Waals surface area contributed by atoms with E-state index in [-0.39, 0.29) is 24.4 Å². The van der Waals surface area contributed by atoms with Gasteiger partial charge in [-0.25, -0.2) is 13.1 Å². The van der Waals surface area contributed by atoms with E-state index in [1.165, 1.54) is 0 Å². The van der Waals surface area contributed by atoms with E-state index in [4.69, 9.17) is 5.73 Å². The maximum Gasteiger partial charge on any atom is 0.239 e. The Kier molecular flexibility index (Phi) is 6.80. The Morgan fingerprint density at radius 2 is 2.05 bits per heavy atom. The summed E-state index contributed by atoms with van der Waals surface area (Å²) >= 11 is 0. The van der Waals surface area contributed by atoms with Gasteiger partial charge in [-0.05, 0) is 18.4 Å². The van der Waals surface area contributed by atoms with Gasteiger partial charge in [0.25, 0.3) is 0 Å². The number of likely N-dealkylation sites (tertiary alicyclic amines) is 1. The Labute approximate surface area is 137 Å². The van der Waals surface area contributed by atoms with E-state index in [1.54, 1.807) is 4.90 Å². The third-order valence-corrected chi connectivity index (χ3v) is 4.26. The summed E-state index contributed by atoms with van der Waals surface area (Å²) in [5.41, 5.74) is 6.99. The van der Waals surface area contributed by atoms with Crippen LogP contribution in [0, 0.1) is 0 Å². The van der Waals surface area contributed by atoms with Crippen LogP contribution in [-0.2, 0) is 21.2 Å². The second-order valence-corrected chi connectivity index (χ2v) is 7.24. The van der Waals surface area contributed by atoms with Gasteiger partial charge in [0.05, 0.1) is 12.3 Å². The van der Waals surface area contributed by atoms with Crippen LogP contribution in [0.25, 0.3) is 0 Å². The molecule has 0 aromatic heterocycles. The van der Waals surface area contributed by atoms with E-state index in [9.17, 15) is 13.2 Å². The van der Waals surface area contributed by atoms with Crippen molar-refractivity contribution in [1.29, 1.82) is 0 Å². The number of halogens is 1. The molecule has 0 aliphatic carbocycles. The largest absolute Gasteiger partial charge is 0.340 e. The molecule has 8 heteroatoms. The monoisotopic (exact) mass is 347 g/mol. The molecule has 1 fully saturated rings. The highest BCUT2D eigenvalue weighted by atomic mass is 35.5. The molecule has 0 bridgehead atoms. The molecular weight excluding hydrogens is 326 g/mol. The smallest absolute Gasteiger partial charge is 0.239 e. The van der Waals surface area contributed by atoms with Gasteiger partial charge >= 0.3 is 0 Å². The van der Waals surface area contributed by atoms with Crippen molar-refractivity contribution in [2.24, 2.45) is 5.73 Å². The molecule has 1 unspecified atom stereocenters. The van der Waals surface area contributed by atoms with Crippen LogP contribution in [-0.4, -0.2) is 50.7 Å². The fraction of sp³-hybridized carbons (Fsp3) is 0.500. The van der Waals surface area contributed by atoms with Crippen molar-refractivity contribution in [2.75, 3.05) is 19.3 Å². The van der Waals surface area contributed by atoms with Gasteiger partial charge in [-0.1, -0.05) is 30.3 Å². The SMILES string of the molecule is CS(=O)(=O)NC1CCN(C(=O)[C@@H](N)Cc2ccccc2)C1.Cl. The number of nitrogens with two attached hydrogens (primary N) is 1. The molecule has 2 rings (SSSR count). The van der Waals surface area contributed by atoms with Crippen LogP contribution in [0.3, 0.4) is 0 Å². The molecule has 1 aliphatic heterocycles. The Hall–Kier alpha value is -1.15. The predicted molar refractivity (Wildman–Crippen MR) is 88.3 cm³/mol. The summed E-state index contributed by atoms with van der Waals surface area (Å²) in [6, 6.07) is 8.80. The van der Waals surface area contributed by atoms with Crippen LogP contribution in [0.1, 0.15) is 12.0 Å². The summed E-state index contributed by atoms with van der Waals surface area (Å²) in [5.74, 6) is -0.128. The molecule has 3 N–H and O–H groups in total. The highest BCUT2D eigenvalue weighted by Crippen LogP contribution is 2.12. The lowest BCUT2D eigenvalue weighted by atomic mass is 10.1. The quantitative estimate of drug-likeness (QED) is 0.791. The van der Waals surface area contributed by atoms with Gasteiger partial charge in [0, 0.05) is 19.1 Å². The van der Waals surface area contributed by atoms with Crippen molar-refractivity contribution in [1.82, 2.24) is 9.62 Å². The molecule has 1 aromatic rings. The lowest BCUT2D eigenvalue weighted by Crippen LogP contribution is -2.45. The van der Waals surface area contributed by atoms with E-state index in [1.807, 2.05) is 30.3 Å². The van der Waals surface area contributed by atoms with Crippen molar-refractivity contribution in [3.63, 3.8) is 0 Å². The number of amides is 1. The van der Waals surface area contributed by atoms with E-state index in [0.29, 0.717) is 25.9 Å². The summed E-state index contributed by atoms with van der Waals surface area (Å²) in [7, 11) is -3.24. The Bertz CT molecular complexity index is 595. The molecule has 22 heavy (non-hydrogen) atoms. The van der Waals surface area contributed by atoms with Gasteiger partial charge < -0.3 is 10.6 Å². The lowest BCUT2D eigenvalue weighted by molar-refractivity contribution is -0.131. The normalized spacial score (nSPS) is 19.5. The highest BCUT2D eigenvalue weighted by molar-refractivity contribution is 7.88. The topological polar surface area (TPSA) is 92.5 Å². The summed E-state index contributed by atoms with van der Waals surface area (Å²) in [6.07, 6.45) is 2.23. The summed E-state index contributed by atoms with van der Waals surface area (Å²) < 4.78 is 24.9. The number of rotatable bonds is 5. The standard InChI is InChI=1S/C14H21N3O3S.ClH/c1-21(19,20)16-12-7-8-17(10-12)14(18)13(15)9-11-5-3-2-4-6-11;/h2-6,12-13,16H,7-10,15H2,1H3;1H/t12?,13-;/m0./s1. The first-order chi connectivity index (χ1) is 9.85. The molecule has 1 heterocycles. The van der Waals surface area contributed by atoms with Crippen molar-refractivity contribution < 1.29 is 13.2 Å². The molecule has 0 radical (unpaired) electrons. The predicted octanol–water partition coefficient (Wildman–Crippen LogP) is 0.128. The molecule has 6 nitrogen and oxygen atoms in total. The molecule has 0 saturated carbocycles.